The van der Waals surface area contributed by atoms with E-state index in [1.165, 1.54) is 0 Å². The van der Waals surface area contributed by atoms with Crippen molar-refractivity contribution in [3.63, 3.8) is 0 Å². The van der Waals surface area contributed by atoms with Gasteiger partial charge in [0.15, 0.2) is 0 Å². The Morgan fingerprint density at radius 1 is 1.34 bits per heavy atom. The standard InChI is InChI=1S/C23H37BrN2O5S/c1-6-9-13(5)25-20(28)19-23-10-14(24)18(32-23)16(22(30)31-8-3)17(23)21(29)26(19)15(11-27)12(4)7-2/h12-19,27H,6-11H2,1-5H3,(H,25,28)/t12-,13?,14?,15-,16+,17-,18+,19?,23?/m0/s1. The topological polar surface area (TPSA) is 95.9 Å². The van der Waals surface area contributed by atoms with Crippen LogP contribution in [0.5, 0.6) is 0 Å². The van der Waals surface area contributed by atoms with Crippen molar-refractivity contribution in [1.29, 1.82) is 0 Å². The van der Waals surface area contributed by atoms with Gasteiger partial charge in [-0.2, -0.15) is 0 Å². The molecule has 3 heterocycles. The molecule has 0 aromatic heterocycles. The van der Waals surface area contributed by atoms with Crippen molar-refractivity contribution in [3.05, 3.63) is 0 Å². The quantitative estimate of drug-likeness (QED) is 0.331. The molecule has 7 nitrogen and oxygen atoms in total. The zero-order chi connectivity index (χ0) is 23.8. The molecular weight excluding hydrogens is 496 g/mol. The van der Waals surface area contributed by atoms with Gasteiger partial charge in [-0.3, -0.25) is 14.4 Å². The van der Waals surface area contributed by atoms with Crippen molar-refractivity contribution < 1.29 is 24.2 Å². The van der Waals surface area contributed by atoms with E-state index in [0.717, 1.165) is 19.3 Å². The number of likely N-dealkylation sites (tertiary alicyclic amines) is 1. The third kappa shape index (κ3) is 4.11. The van der Waals surface area contributed by atoms with Crippen LogP contribution < -0.4 is 5.32 Å². The molecule has 3 aliphatic rings. The smallest absolute Gasteiger partial charge is 0.310 e. The molecule has 0 aliphatic carbocycles. The van der Waals surface area contributed by atoms with E-state index < -0.39 is 28.7 Å². The number of hydrogen-bond acceptors (Lipinski definition) is 6. The number of aliphatic hydroxyl groups excluding tert-OH is 1. The number of nitrogens with zero attached hydrogens (tertiary/aromatic N) is 1. The maximum atomic E-state index is 13.9. The van der Waals surface area contributed by atoms with Gasteiger partial charge >= 0.3 is 5.97 Å². The van der Waals surface area contributed by atoms with Gasteiger partial charge in [0.2, 0.25) is 11.8 Å². The number of halogens is 1. The summed E-state index contributed by atoms with van der Waals surface area (Å²) in [6, 6.07) is -1.21. The minimum absolute atomic E-state index is 0.0136. The van der Waals surface area contributed by atoms with E-state index in [-0.39, 0.29) is 53.0 Å². The van der Waals surface area contributed by atoms with E-state index in [2.05, 4.69) is 28.2 Å². The van der Waals surface area contributed by atoms with Crippen molar-refractivity contribution in [3.8, 4) is 0 Å². The molecule has 0 aromatic rings. The second kappa shape index (κ2) is 10.2. The summed E-state index contributed by atoms with van der Waals surface area (Å²) >= 11 is 5.33. The monoisotopic (exact) mass is 532 g/mol. The lowest BCUT2D eigenvalue weighted by molar-refractivity contribution is -0.154. The number of ether oxygens (including phenoxy) is 1. The molecule has 0 saturated carbocycles. The average Bonchev–Trinajstić information content (AvgIpc) is 3.32. The van der Waals surface area contributed by atoms with Crippen molar-refractivity contribution in [1.82, 2.24) is 10.2 Å². The number of aliphatic hydroxyl groups is 1. The largest absolute Gasteiger partial charge is 0.466 e. The molecule has 2 bridgehead atoms. The number of hydrogen-bond donors (Lipinski definition) is 2. The number of carbonyl (C=O) groups is 3. The number of fused-ring (bicyclic) bond motifs is 1. The molecule has 3 aliphatic heterocycles. The number of thioether (sulfide) groups is 1. The van der Waals surface area contributed by atoms with E-state index in [0.29, 0.717) is 6.42 Å². The third-order valence-corrected chi connectivity index (χ3v) is 10.7. The Kier molecular flexibility index (Phi) is 8.24. The third-order valence-electron chi connectivity index (χ3n) is 7.49. The molecule has 3 saturated heterocycles. The molecule has 2 N–H and O–H groups in total. The van der Waals surface area contributed by atoms with E-state index in [1.807, 2.05) is 20.8 Å². The predicted octanol–water partition coefficient (Wildman–Crippen LogP) is 2.73. The van der Waals surface area contributed by atoms with Gasteiger partial charge in [-0.15, -0.1) is 11.8 Å². The molecule has 3 fully saturated rings. The van der Waals surface area contributed by atoms with Gasteiger partial charge in [0, 0.05) is 16.1 Å². The van der Waals surface area contributed by atoms with Gasteiger partial charge in [-0.1, -0.05) is 49.5 Å². The van der Waals surface area contributed by atoms with Crippen LogP contribution in [-0.2, 0) is 19.1 Å². The number of alkyl halides is 1. The zero-order valence-corrected chi connectivity index (χ0v) is 22.1. The number of carbonyl (C=O) groups excluding carboxylic acids is 3. The van der Waals surface area contributed by atoms with Crippen molar-refractivity contribution in [2.75, 3.05) is 13.2 Å². The Labute approximate surface area is 203 Å². The minimum Gasteiger partial charge on any atom is -0.466 e. The van der Waals surface area contributed by atoms with Crippen LogP contribution in [0.25, 0.3) is 0 Å². The summed E-state index contributed by atoms with van der Waals surface area (Å²) in [5.41, 5.74) is 0. The van der Waals surface area contributed by atoms with E-state index in [9.17, 15) is 19.5 Å². The summed E-state index contributed by atoms with van der Waals surface area (Å²) in [7, 11) is 0. The fraction of sp³-hybridized carbons (Fsp3) is 0.870. The summed E-state index contributed by atoms with van der Waals surface area (Å²) in [6.07, 6.45) is 3.19. The zero-order valence-electron chi connectivity index (χ0n) is 19.7. The second-order valence-electron chi connectivity index (χ2n) is 9.49. The SMILES string of the molecule is CCCC(C)NC(=O)C1N([C@@H](CO)[C@@H](C)CC)C(=O)[C@@H]2[C@@H](C(=O)OCC)[C@@H]3SC12CC3Br. The number of esters is 1. The van der Waals surface area contributed by atoms with Crippen molar-refractivity contribution in [2.45, 2.75) is 93.3 Å². The molecule has 4 unspecified atom stereocenters. The Morgan fingerprint density at radius 2 is 2.03 bits per heavy atom. The van der Waals surface area contributed by atoms with Crippen molar-refractivity contribution >= 4 is 45.5 Å². The molecule has 0 radical (unpaired) electrons. The average molecular weight is 534 g/mol. The molecule has 0 aromatic carbocycles. The molecule has 3 rings (SSSR count). The predicted molar refractivity (Wildman–Crippen MR) is 129 cm³/mol. The number of nitrogens with one attached hydrogen (secondary N) is 1. The maximum absolute atomic E-state index is 13.9. The number of amides is 2. The van der Waals surface area contributed by atoms with Crippen LogP contribution in [0, 0.1) is 17.8 Å². The van der Waals surface area contributed by atoms with Crippen LogP contribution in [0.1, 0.15) is 60.3 Å². The van der Waals surface area contributed by atoms with E-state index in [4.69, 9.17) is 4.74 Å². The van der Waals surface area contributed by atoms with Gasteiger partial charge in [0.25, 0.3) is 0 Å². The molecule has 9 heteroatoms. The first kappa shape index (κ1) is 25.8. The van der Waals surface area contributed by atoms with Gasteiger partial charge in [0.1, 0.15) is 6.04 Å². The van der Waals surface area contributed by atoms with Crippen LogP contribution in [0.15, 0.2) is 0 Å². The molecule has 182 valence electrons. The second-order valence-corrected chi connectivity index (χ2v) is 12.2. The Bertz CT molecular complexity index is 739. The molecule has 9 atom stereocenters. The van der Waals surface area contributed by atoms with Gasteiger partial charge in [-0.25, -0.2) is 0 Å². The summed E-state index contributed by atoms with van der Waals surface area (Å²) in [6.45, 7) is 9.86. The lowest BCUT2D eigenvalue weighted by Gasteiger charge is -2.39. The normalized spacial score (nSPS) is 36.0. The first-order chi connectivity index (χ1) is 15.2. The molecule has 1 spiro atoms. The minimum atomic E-state index is -0.722. The highest BCUT2D eigenvalue weighted by Crippen LogP contribution is 2.68. The highest BCUT2D eigenvalue weighted by molar-refractivity contribution is 9.09. The van der Waals surface area contributed by atoms with Crippen LogP contribution in [-0.4, -0.2) is 74.0 Å². The molecular formula is C23H37BrN2O5S. The Morgan fingerprint density at radius 3 is 2.59 bits per heavy atom. The highest BCUT2D eigenvalue weighted by atomic mass is 79.9. The van der Waals surface area contributed by atoms with Gasteiger partial charge in [-0.05, 0) is 32.6 Å². The lowest BCUT2D eigenvalue weighted by atomic mass is 9.71. The van der Waals surface area contributed by atoms with Crippen LogP contribution >= 0.6 is 27.7 Å². The van der Waals surface area contributed by atoms with Gasteiger partial charge < -0.3 is 20.1 Å². The fourth-order valence-corrected chi connectivity index (χ4v) is 9.46. The summed E-state index contributed by atoms with van der Waals surface area (Å²) < 4.78 is 4.66. The summed E-state index contributed by atoms with van der Waals surface area (Å²) in [4.78, 5) is 42.3. The number of rotatable bonds is 10. The molecule has 2 amide bonds. The van der Waals surface area contributed by atoms with E-state index >= 15 is 0 Å². The fourth-order valence-electron chi connectivity index (χ4n) is 5.87. The Hall–Kier alpha value is -0.800. The Balaban J connectivity index is 2.07. The highest BCUT2D eigenvalue weighted by Gasteiger charge is 2.76. The first-order valence-corrected chi connectivity index (χ1v) is 13.7. The van der Waals surface area contributed by atoms with E-state index in [1.54, 1.807) is 23.6 Å². The van der Waals surface area contributed by atoms with Crippen molar-refractivity contribution in [2.24, 2.45) is 17.8 Å². The molecule has 32 heavy (non-hydrogen) atoms. The van der Waals surface area contributed by atoms with Gasteiger partial charge in [0.05, 0.1) is 35.8 Å². The van der Waals surface area contributed by atoms with Crippen LogP contribution in [0.4, 0.5) is 0 Å². The summed E-state index contributed by atoms with van der Waals surface area (Å²) in [5, 5.41) is 13.3. The van der Waals surface area contributed by atoms with Crippen LogP contribution in [0.3, 0.4) is 0 Å². The maximum Gasteiger partial charge on any atom is 0.310 e. The lowest BCUT2D eigenvalue weighted by Crippen LogP contribution is -2.59. The van der Waals surface area contributed by atoms with Crippen LogP contribution in [0.2, 0.25) is 0 Å². The summed E-state index contributed by atoms with van der Waals surface area (Å²) in [5.74, 6) is -1.92. The first-order valence-electron chi connectivity index (χ1n) is 11.9.